The number of para-hydroxylation sites is 1. The zero-order valence-corrected chi connectivity index (χ0v) is 17.1. The second-order valence-corrected chi connectivity index (χ2v) is 9.29. The standard InChI is InChI=1S/C20H16ClF3N2O3S/c21-15-8-7-13(11-14(15)20(22,23)24)26-12-18(19(27)25-9-3-4-10-25)30(28,29)17-6-2-1-5-16(17)26/h1-2,5-8,11-12H,3-4,9-10H2. The summed E-state index contributed by atoms with van der Waals surface area (Å²) >= 11 is 5.72. The molecule has 2 aromatic carbocycles. The molecule has 0 bridgehead atoms. The van der Waals surface area contributed by atoms with E-state index in [2.05, 4.69) is 0 Å². The Morgan fingerprint density at radius 1 is 1.03 bits per heavy atom. The van der Waals surface area contributed by atoms with Crippen LogP contribution in [0.4, 0.5) is 24.5 Å². The largest absolute Gasteiger partial charge is 0.417 e. The first-order valence-corrected chi connectivity index (χ1v) is 11.0. The van der Waals surface area contributed by atoms with Crippen LogP contribution in [0.15, 0.2) is 58.5 Å². The molecule has 158 valence electrons. The fourth-order valence-corrected chi connectivity index (χ4v) is 5.36. The number of anilines is 2. The fraction of sp³-hybridized carbons (Fsp3) is 0.250. The minimum absolute atomic E-state index is 0.0424. The van der Waals surface area contributed by atoms with Crippen molar-refractivity contribution in [1.29, 1.82) is 0 Å². The van der Waals surface area contributed by atoms with Crippen molar-refractivity contribution < 1.29 is 26.4 Å². The molecule has 0 atom stereocenters. The van der Waals surface area contributed by atoms with Crippen LogP contribution in [0.25, 0.3) is 0 Å². The molecule has 0 aromatic heterocycles. The van der Waals surface area contributed by atoms with Crippen LogP contribution >= 0.6 is 11.6 Å². The van der Waals surface area contributed by atoms with Crippen molar-refractivity contribution in [2.24, 2.45) is 0 Å². The summed E-state index contributed by atoms with van der Waals surface area (Å²) in [5.41, 5.74) is -0.847. The number of alkyl halides is 3. The molecule has 1 amide bonds. The molecule has 2 aliphatic heterocycles. The van der Waals surface area contributed by atoms with Gasteiger partial charge in [0.05, 0.1) is 21.2 Å². The molecule has 0 spiro atoms. The van der Waals surface area contributed by atoms with E-state index in [9.17, 15) is 26.4 Å². The highest BCUT2D eigenvalue weighted by molar-refractivity contribution is 7.96. The molecule has 0 aliphatic carbocycles. The molecule has 30 heavy (non-hydrogen) atoms. The lowest BCUT2D eigenvalue weighted by Crippen LogP contribution is -2.35. The highest BCUT2D eigenvalue weighted by atomic mass is 35.5. The molecule has 2 aliphatic rings. The summed E-state index contributed by atoms with van der Waals surface area (Å²) in [6, 6.07) is 9.17. The second-order valence-electron chi connectivity index (χ2n) is 7.00. The minimum atomic E-state index is -4.69. The second kappa shape index (κ2) is 7.31. The van der Waals surface area contributed by atoms with Crippen LogP contribution in [0.5, 0.6) is 0 Å². The van der Waals surface area contributed by atoms with E-state index < -0.39 is 37.4 Å². The van der Waals surface area contributed by atoms with Gasteiger partial charge in [-0.25, -0.2) is 8.42 Å². The maximum atomic E-state index is 13.3. The number of likely N-dealkylation sites (tertiary alicyclic amines) is 1. The molecular weight excluding hydrogens is 441 g/mol. The van der Waals surface area contributed by atoms with Gasteiger partial charge in [0.1, 0.15) is 0 Å². The molecule has 0 unspecified atom stereocenters. The van der Waals surface area contributed by atoms with Crippen molar-refractivity contribution in [3.8, 4) is 0 Å². The quantitative estimate of drug-likeness (QED) is 0.654. The summed E-state index contributed by atoms with van der Waals surface area (Å²) < 4.78 is 66.3. The summed E-state index contributed by atoms with van der Waals surface area (Å²) in [6.45, 7) is 0.874. The van der Waals surface area contributed by atoms with Crippen LogP contribution < -0.4 is 4.90 Å². The highest BCUT2D eigenvalue weighted by Crippen LogP contribution is 2.43. The minimum Gasteiger partial charge on any atom is -0.338 e. The lowest BCUT2D eigenvalue weighted by atomic mass is 10.1. The van der Waals surface area contributed by atoms with Gasteiger partial charge in [-0.15, -0.1) is 0 Å². The number of amides is 1. The third-order valence-electron chi connectivity index (χ3n) is 5.09. The average molecular weight is 457 g/mol. The predicted octanol–water partition coefficient (Wildman–Crippen LogP) is 4.75. The fourth-order valence-electron chi connectivity index (χ4n) is 3.60. The van der Waals surface area contributed by atoms with Gasteiger partial charge in [0.25, 0.3) is 5.91 Å². The Hall–Kier alpha value is -2.52. The predicted molar refractivity (Wildman–Crippen MR) is 106 cm³/mol. The molecule has 0 saturated carbocycles. The van der Waals surface area contributed by atoms with Crippen LogP contribution in [0.2, 0.25) is 5.02 Å². The van der Waals surface area contributed by atoms with Gasteiger partial charge in [-0.1, -0.05) is 23.7 Å². The Morgan fingerprint density at radius 2 is 1.70 bits per heavy atom. The summed E-state index contributed by atoms with van der Waals surface area (Å²) in [5, 5.41) is -0.471. The van der Waals surface area contributed by atoms with Gasteiger partial charge in [-0.3, -0.25) is 4.79 Å². The van der Waals surface area contributed by atoms with Gasteiger partial charge in [0.15, 0.2) is 4.91 Å². The first-order valence-electron chi connectivity index (χ1n) is 9.12. The van der Waals surface area contributed by atoms with Gasteiger partial charge < -0.3 is 9.80 Å². The molecule has 0 N–H and O–H groups in total. The van der Waals surface area contributed by atoms with Gasteiger partial charge in [0, 0.05) is 25.0 Å². The van der Waals surface area contributed by atoms with E-state index in [1.165, 1.54) is 34.1 Å². The van der Waals surface area contributed by atoms with E-state index in [0.717, 1.165) is 31.2 Å². The van der Waals surface area contributed by atoms with Gasteiger partial charge >= 0.3 is 6.18 Å². The third-order valence-corrected chi connectivity index (χ3v) is 7.20. The number of nitrogens with zero attached hydrogens (tertiary/aromatic N) is 2. The number of carbonyl (C=O) groups is 1. The lowest BCUT2D eigenvalue weighted by molar-refractivity contribution is -0.137. The van der Waals surface area contributed by atoms with E-state index in [1.807, 2.05) is 0 Å². The molecular formula is C20H16ClF3N2O3S. The Bertz CT molecular complexity index is 1160. The van der Waals surface area contributed by atoms with E-state index in [1.54, 1.807) is 6.07 Å². The monoisotopic (exact) mass is 456 g/mol. The van der Waals surface area contributed by atoms with Crippen LogP contribution in [-0.4, -0.2) is 32.3 Å². The Balaban J connectivity index is 1.90. The number of rotatable bonds is 2. The lowest BCUT2D eigenvalue weighted by Gasteiger charge is -2.30. The van der Waals surface area contributed by atoms with Crippen molar-refractivity contribution >= 4 is 38.7 Å². The maximum absolute atomic E-state index is 13.3. The number of hydrogen-bond acceptors (Lipinski definition) is 4. The zero-order chi connectivity index (χ0) is 21.7. The number of benzene rings is 2. The number of fused-ring (bicyclic) bond motifs is 1. The number of sulfone groups is 1. The smallest absolute Gasteiger partial charge is 0.338 e. The van der Waals surface area contributed by atoms with Crippen molar-refractivity contribution in [3.05, 3.63) is 64.2 Å². The SMILES string of the molecule is O=C(C1=CN(c2ccc(Cl)c(C(F)(F)F)c2)c2ccccc2S1(=O)=O)N1CCCC1. The van der Waals surface area contributed by atoms with Gasteiger partial charge in [0.2, 0.25) is 9.84 Å². The first kappa shape index (κ1) is 20.7. The Kier molecular flexibility index (Phi) is 5.06. The molecule has 4 rings (SSSR count). The van der Waals surface area contributed by atoms with Crippen LogP contribution in [0.1, 0.15) is 18.4 Å². The van der Waals surface area contributed by atoms with E-state index in [-0.39, 0.29) is 16.3 Å². The molecule has 1 saturated heterocycles. The Labute approximate surface area is 176 Å². The molecule has 5 nitrogen and oxygen atoms in total. The van der Waals surface area contributed by atoms with E-state index >= 15 is 0 Å². The molecule has 10 heteroatoms. The summed E-state index contributed by atoms with van der Waals surface area (Å²) in [5.74, 6) is -0.656. The van der Waals surface area contributed by atoms with Crippen LogP contribution in [-0.2, 0) is 20.8 Å². The van der Waals surface area contributed by atoms with Crippen molar-refractivity contribution in [2.45, 2.75) is 23.9 Å². The molecule has 2 heterocycles. The molecule has 0 radical (unpaired) electrons. The topological polar surface area (TPSA) is 57.7 Å². The number of hydrogen-bond donors (Lipinski definition) is 0. The summed E-state index contributed by atoms with van der Waals surface area (Å²) in [4.78, 5) is 15.1. The summed E-state index contributed by atoms with van der Waals surface area (Å²) in [7, 11) is -4.13. The average Bonchev–Trinajstić information content (AvgIpc) is 3.22. The summed E-state index contributed by atoms with van der Waals surface area (Å²) in [6.07, 6.45) is -2.05. The van der Waals surface area contributed by atoms with Gasteiger partial charge in [-0.05, 0) is 43.2 Å². The van der Waals surface area contributed by atoms with Crippen LogP contribution in [0.3, 0.4) is 0 Å². The normalized spacial score (nSPS) is 18.2. The Morgan fingerprint density at radius 3 is 2.37 bits per heavy atom. The van der Waals surface area contributed by atoms with Crippen LogP contribution in [0, 0.1) is 0 Å². The van der Waals surface area contributed by atoms with Crippen molar-refractivity contribution in [2.75, 3.05) is 18.0 Å². The zero-order valence-electron chi connectivity index (χ0n) is 15.5. The molecule has 1 fully saturated rings. The van der Waals surface area contributed by atoms with Crippen molar-refractivity contribution in [1.82, 2.24) is 4.90 Å². The molecule has 2 aromatic rings. The first-order chi connectivity index (χ1) is 14.1. The van der Waals surface area contributed by atoms with E-state index in [0.29, 0.717) is 13.1 Å². The third kappa shape index (κ3) is 3.45. The van der Waals surface area contributed by atoms with Gasteiger partial charge in [-0.2, -0.15) is 13.2 Å². The highest BCUT2D eigenvalue weighted by Gasteiger charge is 2.39. The number of halogens is 4. The van der Waals surface area contributed by atoms with E-state index in [4.69, 9.17) is 11.6 Å². The maximum Gasteiger partial charge on any atom is 0.417 e. The number of carbonyl (C=O) groups excluding carboxylic acids is 1. The van der Waals surface area contributed by atoms with Crippen molar-refractivity contribution in [3.63, 3.8) is 0 Å².